The largest absolute Gasteiger partial charge is 0.384 e. The maximum atomic E-state index is 12.4. The Hall–Kier alpha value is -2.60. The van der Waals surface area contributed by atoms with Crippen molar-refractivity contribution in [3.05, 3.63) is 53.7 Å². The number of nitrogens with one attached hydrogen (secondary N) is 2. The van der Waals surface area contributed by atoms with Gasteiger partial charge in [0, 0.05) is 18.4 Å². The first-order valence-electron chi connectivity index (χ1n) is 8.68. The molecular formula is C19H24N4O2. The SMILES string of the molecule is Nc1ccc(CNc2ccccc2C(=O)NOCC2CCCC2)cn1. The molecule has 6 nitrogen and oxygen atoms in total. The summed E-state index contributed by atoms with van der Waals surface area (Å²) in [6.45, 7) is 1.14. The molecule has 1 aromatic carbocycles. The van der Waals surface area contributed by atoms with E-state index >= 15 is 0 Å². The number of anilines is 2. The van der Waals surface area contributed by atoms with Gasteiger partial charge in [-0.3, -0.25) is 9.63 Å². The van der Waals surface area contributed by atoms with E-state index in [0.717, 1.165) is 11.3 Å². The Balaban J connectivity index is 1.55. The van der Waals surface area contributed by atoms with Crippen LogP contribution >= 0.6 is 0 Å². The normalized spacial score (nSPS) is 14.4. The van der Waals surface area contributed by atoms with Crippen LogP contribution in [0.5, 0.6) is 0 Å². The molecule has 0 bridgehead atoms. The average molecular weight is 340 g/mol. The Morgan fingerprint density at radius 1 is 1.20 bits per heavy atom. The Labute approximate surface area is 147 Å². The van der Waals surface area contributed by atoms with E-state index in [1.54, 1.807) is 18.3 Å². The lowest BCUT2D eigenvalue weighted by Gasteiger charge is -2.13. The Morgan fingerprint density at radius 2 is 2.00 bits per heavy atom. The van der Waals surface area contributed by atoms with Crippen LogP contribution in [0.1, 0.15) is 41.6 Å². The fraction of sp³-hybridized carbons (Fsp3) is 0.368. The van der Waals surface area contributed by atoms with Gasteiger partial charge in [0.15, 0.2) is 0 Å². The van der Waals surface area contributed by atoms with Crippen molar-refractivity contribution in [2.75, 3.05) is 17.7 Å². The number of nitrogen functional groups attached to an aromatic ring is 1. The number of nitrogens with two attached hydrogens (primary N) is 1. The van der Waals surface area contributed by atoms with Crippen LogP contribution in [0.25, 0.3) is 0 Å². The second kappa shape index (κ2) is 8.48. The van der Waals surface area contributed by atoms with Crippen LogP contribution in [-0.4, -0.2) is 17.5 Å². The zero-order valence-electron chi connectivity index (χ0n) is 14.2. The van der Waals surface area contributed by atoms with E-state index in [1.807, 2.05) is 24.3 Å². The third-order valence-electron chi connectivity index (χ3n) is 4.46. The van der Waals surface area contributed by atoms with Crippen molar-refractivity contribution in [1.82, 2.24) is 10.5 Å². The molecule has 3 rings (SSSR count). The van der Waals surface area contributed by atoms with Crippen LogP contribution in [0.2, 0.25) is 0 Å². The molecule has 1 saturated carbocycles. The average Bonchev–Trinajstić information content (AvgIpc) is 3.15. The zero-order valence-corrected chi connectivity index (χ0v) is 14.2. The van der Waals surface area contributed by atoms with Gasteiger partial charge in [0.25, 0.3) is 5.91 Å². The highest BCUT2D eigenvalue weighted by atomic mass is 16.6. The highest BCUT2D eigenvalue weighted by molar-refractivity contribution is 5.98. The van der Waals surface area contributed by atoms with Crippen molar-refractivity contribution in [1.29, 1.82) is 0 Å². The van der Waals surface area contributed by atoms with Crippen LogP contribution < -0.4 is 16.5 Å². The minimum absolute atomic E-state index is 0.239. The number of hydroxylamine groups is 1. The summed E-state index contributed by atoms with van der Waals surface area (Å²) < 4.78 is 0. The van der Waals surface area contributed by atoms with E-state index in [4.69, 9.17) is 10.6 Å². The van der Waals surface area contributed by atoms with Gasteiger partial charge in [0.2, 0.25) is 0 Å². The quantitative estimate of drug-likeness (QED) is 0.674. The lowest BCUT2D eigenvalue weighted by atomic mass is 10.1. The molecule has 6 heteroatoms. The molecule has 1 fully saturated rings. The van der Waals surface area contributed by atoms with Crippen molar-refractivity contribution >= 4 is 17.4 Å². The first kappa shape index (κ1) is 17.2. The van der Waals surface area contributed by atoms with E-state index < -0.39 is 0 Å². The Kier molecular flexibility index (Phi) is 5.85. The number of carbonyl (C=O) groups excluding carboxylic acids is 1. The molecule has 0 aliphatic heterocycles. The molecule has 1 amide bonds. The van der Waals surface area contributed by atoms with Crippen molar-refractivity contribution in [3.8, 4) is 0 Å². The van der Waals surface area contributed by atoms with Gasteiger partial charge in [0.1, 0.15) is 5.82 Å². The molecule has 0 atom stereocenters. The highest BCUT2D eigenvalue weighted by Gasteiger charge is 2.16. The predicted octanol–water partition coefficient (Wildman–Crippen LogP) is 3.13. The van der Waals surface area contributed by atoms with E-state index in [-0.39, 0.29) is 5.91 Å². The molecular weight excluding hydrogens is 316 g/mol. The summed E-state index contributed by atoms with van der Waals surface area (Å²) in [7, 11) is 0. The number of carbonyl (C=O) groups is 1. The molecule has 132 valence electrons. The zero-order chi connectivity index (χ0) is 17.5. The van der Waals surface area contributed by atoms with Crippen LogP contribution in [0, 0.1) is 5.92 Å². The molecule has 0 spiro atoms. The molecule has 1 heterocycles. The standard InChI is InChI=1S/C19H24N4O2/c20-18-10-9-15(12-22-18)11-21-17-8-4-3-7-16(17)19(24)23-25-13-14-5-1-2-6-14/h3-4,7-10,12,14,21H,1-2,5-6,11,13H2,(H2,20,22)(H,23,24). The van der Waals surface area contributed by atoms with Gasteiger partial charge in [0.05, 0.1) is 12.2 Å². The van der Waals surface area contributed by atoms with Crippen molar-refractivity contribution < 1.29 is 9.63 Å². The number of pyridine rings is 1. The van der Waals surface area contributed by atoms with Crippen LogP contribution in [0.3, 0.4) is 0 Å². The molecule has 1 aliphatic carbocycles. The summed E-state index contributed by atoms with van der Waals surface area (Å²) in [5.41, 5.74) is 10.4. The topological polar surface area (TPSA) is 89.3 Å². The molecule has 1 aromatic heterocycles. The van der Waals surface area contributed by atoms with E-state index in [1.165, 1.54) is 25.7 Å². The minimum atomic E-state index is -0.239. The third-order valence-corrected chi connectivity index (χ3v) is 4.46. The smallest absolute Gasteiger partial charge is 0.276 e. The second-order valence-electron chi connectivity index (χ2n) is 6.38. The number of hydrogen-bond acceptors (Lipinski definition) is 5. The fourth-order valence-electron chi connectivity index (χ4n) is 3.03. The fourth-order valence-corrected chi connectivity index (χ4v) is 3.03. The summed E-state index contributed by atoms with van der Waals surface area (Å²) in [5, 5.41) is 3.26. The maximum absolute atomic E-state index is 12.4. The summed E-state index contributed by atoms with van der Waals surface area (Å²) in [5.74, 6) is 0.811. The second-order valence-corrected chi connectivity index (χ2v) is 6.38. The van der Waals surface area contributed by atoms with Gasteiger partial charge in [-0.15, -0.1) is 0 Å². The number of benzene rings is 1. The van der Waals surface area contributed by atoms with Crippen LogP contribution in [0.15, 0.2) is 42.6 Å². The predicted molar refractivity (Wildman–Crippen MR) is 97.8 cm³/mol. The first-order chi connectivity index (χ1) is 12.2. The Morgan fingerprint density at radius 3 is 2.76 bits per heavy atom. The maximum Gasteiger partial charge on any atom is 0.276 e. The lowest BCUT2D eigenvalue weighted by molar-refractivity contribution is 0.0172. The summed E-state index contributed by atoms with van der Waals surface area (Å²) in [6.07, 6.45) is 6.60. The van der Waals surface area contributed by atoms with Crippen LogP contribution in [-0.2, 0) is 11.4 Å². The van der Waals surface area contributed by atoms with Gasteiger partial charge < -0.3 is 11.1 Å². The monoisotopic (exact) mass is 340 g/mol. The molecule has 0 radical (unpaired) electrons. The summed E-state index contributed by atoms with van der Waals surface area (Å²) in [4.78, 5) is 21.9. The molecule has 2 aromatic rings. The van der Waals surface area contributed by atoms with Crippen molar-refractivity contribution in [3.63, 3.8) is 0 Å². The number of aromatic nitrogens is 1. The number of rotatable bonds is 7. The Bertz CT molecular complexity index is 697. The van der Waals surface area contributed by atoms with Gasteiger partial charge >= 0.3 is 0 Å². The third kappa shape index (κ3) is 4.93. The molecule has 25 heavy (non-hydrogen) atoms. The highest BCUT2D eigenvalue weighted by Crippen LogP contribution is 2.24. The van der Waals surface area contributed by atoms with Gasteiger partial charge in [-0.05, 0) is 42.5 Å². The number of para-hydroxylation sites is 1. The molecule has 4 N–H and O–H groups in total. The number of hydrogen-bond donors (Lipinski definition) is 3. The van der Waals surface area contributed by atoms with E-state index in [0.29, 0.717) is 30.5 Å². The van der Waals surface area contributed by atoms with Crippen molar-refractivity contribution in [2.24, 2.45) is 5.92 Å². The summed E-state index contributed by atoms with van der Waals surface area (Å²) >= 11 is 0. The van der Waals surface area contributed by atoms with Gasteiger partial charge in [-0.25, -0.2) is 10.5 Å². The van der Waals surface area contributed by atoms with Crippen molar-refractivity contribution in [2.45, 2.75) is 32.2 Å². The van der Waals surface area contributed by atoms with E-state index in [9.17, 15) is 4.79 Å². The molecule has 0 unspecified atom stereocenters. The van der Waals surface area contributed by atoms with Gasteiger partial charge in [-0.1, -0.05) is 31.0 Å². The lowest BCUT2D eigenvalue weighted by Crippen LogP contribution is -2.26. The number of amides is 1. The molecule has 0 saturated heterocycles. The molecule has 1 aliphatic rings. The minimum Gasteiger partial charge on any atom is -0.384 e. The first-order valence-corrected chi connectivity index (χ1v) is 8.68. The number of nitrogens with zero attached hydrogens (tertiary/aromatic N) is 1. The summed E-state index contributed by atoms with van der Waals surface area (Å²) in [6, 6.07) is 11.0. The van der Waals surface area contributed by atoms with E-state index in [2.05, 4.69) is 15.8 Å². The van der Waals surface area contributed by atoms with Crippen LogP contribution in [0.4, 0.5) is 11.5 Å². The van der Waals surface area contributed by atoms with Gasteiger partial charge in [-0.2, -0.15) is 0 Å².